The summed E-state index contributed by atoms with van der Waals surface area (Å²) in [5, 5.41) is 12.3. The van der Waals surface area contributed by atoms with Crippen LogP contribution in [0.2, 0.25) is 5.02 Å². The van der Waals surface area contributed by atoms with E-state index < -0.39 is 0 Å². The molecule has 2 aliphatic rings. The standard InChI is InChI=1S/C23H17Cl2N9O/c24-13-2-3-18(33-11-28-31-32-33)15(7-13)16-9-22(35)34-19(4-6-21(34)29-16)17-8-14(23(25)30-17)12-1-5-20(26)27-10-12/h1-3,5,7,9-11,19H,4,6,8H2,(H2,26,27)/t19-/m0/s1. The third kappa shape index (κ3) is 3.80. The lowest BCUT2D eigenvalue weighted by atomic mass is 10.00. The van der Waals surface area contributed by atoms with Gasteiger partial charge in [-0.15, -0.1) is 5.10 Å². The zero-order valence-corrected chi connectivity index (χ0v) is 19.6. The highest BCUT2D eigenvalue weighted by Crippen LogP contribution is 2.38. The molecule has 12 heteroatoms. The van der Waals surface area contributed by atoms with E-state index in [2.05, 4.69) is 25.5 Å². The van der Waals surface area contributed by atoms with Gasteiger partial charge in [-0.3, -0.25) is 9.36 Å². The van der Waals surface area contributed by atoms with E-state index in [4.69, 9.17) is 33.9 Å². The number of anilines is 1. The number of tetrazole rings is 1. The summed E-state index contributed by atoms with van der Waals surface area (Å²) >= 11 is 12.7. The monoisotopic (exact) mass is 505 g/mol. The number of rotatable bonds is 4. The van der Waals surface area contributed by atoms with Crippen LogP contribution in [0.15, 0.2) is 63.9 Å². The highest BCUT2D eigenvalue weighted by molar-refractivity contribution is 6.35. The zero-order valence-electron chi connectivity index (χ0n) is 18.1. The maximum Gasteiger partial charge on any atom is 0.254 e. The Morgan fingerprint density at radius 1 is 1.11 bits per heavy atom. The number of nitrogens with two attached hydrogens (primary N) is 1. The van der Waals surface area contributed by atoms with Crippen molar-refractivity contribution in [2.24, 2.45) is 4.99 Å². The highest BCUT2D eigenvalue weighted by Gasteiger charge is 2.33. The molecule has 1 atom stereocenters. The Kier molecular flexibility index (Phi) is 5.19. The van der Waals surface area contributed by atoms with Gasteiger partial charge in [-0.05, 0) is 52.7 Å². The van der Waals surface area contributed by atoms with Gasteiger partial charge in [0.1, 0.15) is 23.1 Å². The topological polar surface area (TPSA) is 130 Å². The van der Waals surface area contributed by atoms with Crippen LogP contribution in [0.25, 0.3) is 22.5 Å². The number of pyridine rings is 1. The summed E-state index contributed by atoms with van der Waals surface area (Å²) in [6, 6.07) is 10.2. The number of benzene rings is 1. The number of aliphatic imine (C=N–C) groups is 1. The molecule has 0 saturated heterocycles. The smallest absolute Gasteiger partial charge is 0.254 e. The number of fused-ring (bicyclic) bond motifs is 1. The van der Waals surface area contributed by atoms with Crippen molar-refractivity contribution in [3.63, 3.8) is 0 Å². The minimum Gasteiger partial charge on any atom is -0.384 e. The van der Waals surface area contributed by atoms with Crippen LogP contribution in [-0.2, 0) is 6.42 Å². The molecule has 0 aliphatic carbocycles. The number of halogens is 2. The number of hydrogen-bond acceptors (Lipinski definition) is 8. The van der Waals surface area contributed by atoms with Crippen molar-refractivity contribution in [3.8, 4) is 16.9 Å². The normalized spacial score (nSPS) is 17.1. The van der Waals surface area contributed by atoms with Crippen LogP contribution in [0.4, 0.5) is 5.82 Å². The van der Waals surface area contributed by atoms with Gasteiger partial charge < -0.3 is 5.73 Å². The van der Waals surface area contributed by atoms with E-state index in [9.17, 15) is 4.79 Å². The molecule has 0 fully saturated rings. The predicted octanol–water partition coefficient (Wildman–Crippen LogP) is 3.46. The molecule has 2 N–H and O–H groups in total. The van der Waals surface area contributed by atoms with Crippen LogP contribution in [0.3, 0.4) is 0 Å². The molecule has 0 radical (unpaired) electrons. The maximum atomic E-state index is 13.3. The molecular weight excluding hydrogens is 489 g/mol. The van der Waals surface area contributed by atoms with Gasteiger partial charge in [0.15, 0.2) is 0 Å². The van der Waals surface area contributed by atoms with Crippen molar-refractivity contribution in [3.05, 3.63) is 80.8 Å². The molecule has 2 aliphatic heterocycles. The first-order valence-electron chi connectivity index (χ1n) is 10.8. The third-order valence-corrected chi connectivity index (χ3v) is 6.72. The van der Waals surface area contributed by atoms with Gasteiger partial charge in [0, 0.05) is 47.0 Å². The lowest BCUT2D eigenvalue weighted by Crippen LogP contribution is -2.28. The van der Waals surface area contributed by atoms with E-state index in [1.54, 1.807) is 35.0 Å². The minimum atomic E-state index is -0.217. The molecule has 0 spiro atoms. The predicted molar refractivity (Wildman–Crippen MR) is 132 cm³/mol. The van der Waals surface area contributed by atoms with Gasteiger partial charge in [-0.25, -0.2) is 15.0 Å². The fourth-order valence-corrected chi connectivity index (χ4v) is 5.02. The Bertz CT molecular complexity index is 1570. The van der Waals surface area contributed by atoms with Gasteiger partial charge in [0.25, 0.3) is 5.56 Å². The lowest BCUT2D eigenvalue weighted by molar-refractivity contribution is 0.645. The summed E-state index contributed by atoms with van der Waals surface area (Å²) in [6.45, 7) is 0. The molecule has 0 saturated carbocycles. The molecule has 5 heterocycles. The van der Waals surface area contributed by atoms with Crippen LogP contribution in [0, 0.1) is 0 Å². The number of aromatic nitrogens is 7. The minimum absolute atomic E-state index is 0.170. The Hall–Kier alpha value is -3.89. The van der Waals surface area contributed by atoms with Gasteiger partial charge >= 0.3 is 0 Å². The zero-order chi connectivity index (χ0) is 24.1. The van der Waals surface area contributed by atoms with Gasteiger partial charge in [0.05, 0.1) is 17.4 Å². The Morgan fingerprint density at radius 3 is 2.77 bits per heavy atom. The Morgan fingerprint density at radius 2 is 2.00 bits per heavy atom. The molecule has 10 nitrogen and oxygen atoms in total. The Balaban J connectivity index is 1.35. The number of allylic oxidation sites excluding steroid dienone is 1. The fourth-order valence-electron chi connectivity index (χ4n) is 4.57. The number of aryl methyl sites for hydroxylation is 1. The molecule has 6 rings (SSSR count). The van der Waals surface area contributed by atoms with Crippen molar-refractivity contribution in [2.75, 3.05) is 5.73 Å². The van der Waals surface area contributed by atoms with Gasteiger partial charge in [-0.1, -0.05) is 23.2 Å². The average Bonchev–Trinajstić information content (AvgIpc) is 3.59. The van der Waals surface area contributed by atoms with Gasteiger partial charge in [0.2, 0.25) is 0 Å². The average molecular weight is 506 g/mol. The summed E-state index contributed by atoms with van der Waals surface area (Å²) in [6.07, 6.45) is 5.02. The summed E-state index contributed by atoms with van der Waals surface area (Å²) in [5.74, 6) is 1.12. The van der Waals surface area contributed by atoms with Crippen LogP contribution in [0.5, 0.6) is 0 Å². The molecule has 35 heavy (non-hydrogen) atoms. The van der Waals surface area contributed by atoms with Crippen LogP contribution in [0.1, 0.15) is 30.3 Å². The van der Waals surface area contributed by atoms with Crippen molar-refractivity contribution in [2.45, 2.75) is 25.3 Å². The fraction of sp³-hybridized carbons (Fsp3) is 0.174. The summed E-state index contributed by atoms with van der Waals surface area (Å²) in [5.41, 5.74) is 9.93. The molecule has 0 bridgehead atoms. The number of nitrogen functional groups attached to an aromatic ring is 1. The number of hydrogen-bond donors (Lipinski definition) is 1. The second-order valence-electron chi connectivity index (χ2n) is 8.26. The van der Waals surface area contributed by atoms with Crippen LogP contribution >= 0.6 is 23.2 Å². The van der Waals surface area contributed by atoms with Crippen molar-refractivity contribution >= 4 is 40.3 Å². The van der Waals surface area contributed by atoms with Crippen LogP contribution in [-0.4, -0.2) is 40.5 Å². The maximum absolute atomic E-state index is 13.3. The summed E-state index contributed by atoms with van der Waals surface area (Å²) < 4.78 is 3.22. The highest BCUT2D eigenvalue weighted by atomic mass is 35.5. The van der Waals surface area contributed by atoms with E-state index in [1.165, 1.54) is 17.1 Å². The molecule has 0 amide bonds. The summed E-state index contributed by atoms with van der Waals surface area (Å²) in [4.78, 5) is 26.9. The first-order valence-corrected chi connectivity index (χ1v) is 11.6. The second-order valence-corrected chi connectivity index (χ2v) is 9.05. The largest absolute Gasteiger partial charge is 0.384 e. The Labute approximate surface area is 208 Å². The van der Waals surface area contributed by atoms with Crippen molar-refractivity contribution in [1.29, 1.82) is 0 Å². The van der Waals surface area contributed by atoms with Crippen molar-refractivity contribution in [1.82, 2.24) is 34.7 Å². The SMILES string of the molecule is Nc1ccc(C2=C(Cl)N=C([C@@H]3CCc4nc(-c5cc(Cl)ccc5-n5cnnn5)cc(=O)n43)C2)cn1. The lowest BCUT2D eigenvalue weighted by Gasteiger charge is -2.16. The molecule has 3 aromatic heterocycles. The van der Waals surface area contributed by atoms with Gasteiger partial charge in [-0.2, -0.15) is 4.68 Å². The van der Waals surface area contributed by atoms with E-state index in [0.717, 1.165) is 16.8 Å². The van der Waals surface area contributed by atoms with E-state index in [0.29, 0.717) is 58.0 Å². The number of nitrogens with zero attached hydrogens (tertiary/aromatic N) is 8. The molecular formula is C23H17Cl2N9O. The molecule has 1 aromatic carbocycles. The molecule has 174 valence electrons. The first kappa shape index (κ1) is 21.6. The quantitative estimate of drug-likeness (QED) is 0.420. The van der Waals surface area contributed by atoms with Crippen molar-refractivity contribution < 1.29 is 0 Å². The molecule has 0 unspecified atom stereocenters. The first-order chi connectivity index (χ1) is 17.0. The third-order valence-electron chi connectivity index (χ3n) is 6.18. The summed E-state index contributed by atoms with van der Waals surface area (Å²) in [7, 11) is 0. The van der Waals surface area contributed by atoms with Crippen LogP contribution < -0.4 is 11.3 Å². The molecule has 4 aromatic rings. The van der Waals surface area contributed by atoms with E-state index in [1.807, 2.05) is 6.07 Å². The van der Waals surface area contributed by atoms with E-state index in [-0.39, 0.29) is 11.6 Å². The second kappa shape index (κ2) is 8.40. The van der Waals surface area contributed by atoms with E-state index >= 15 is 0 Å².